The minimum atomic E-state index is -0.531. The number of nitrogens with two attached hydrogens (primary N) is 1. The third-order valence-electron chi connectivity index (χ3n) is 2.53. The summed E-state index contributed by atoms with van der Waals surface area (Å²) in [5.41, 5.74) is 6.41. The van der Waals surface area contributed by atoms with Gasteiger partial charge in [0, 0.05) is 12.1 Å². The number of carbonyl (C=O) groups excluding carboxylic acids is 1. The summed E-state index contributed by atoms with van der Waals surface area (Å²) in [6.45, 7) is 1.72. The van der Waals surface area contributed by atoms with Gasteiger partial charge in [-0.3, -0.25) is 4.79 Å². The lowest BCUT2D eigenvalue weighted by Gasteiger charge is -2.10. The van der Waals surface area contributed by atoms with Gasteiger partial charge in [-0.15, -0.1) is 0 Å². The first kappa shape index (κ1) is 13.6. The van der Waals surface area contributed by atoms with Gasteiger partial charge in [-0.25, -0.2) is 4.39 Å². The zero-order chi connectivity index (χ0) is 12.8. The first-order valence-electron chi connectivity index (χ1n) is 5.50. The molecule has 5 heteroatoms. The van der Waals surface area contributed by atoms with Gasteiger partial charge < -0.3 is 16.2 Å². The van der Waals surface area contributed by atoms with E-state index in [1.165, 1.54) is 12.1 Å². The Hall–Kier alpha value is -1.46. The zero-order valence-corrected chi connectivity index (χ0v) is 9.74. The lowest BCUT2D eigenvalue weighted by atomic mass is 10.1. The summed E-state index contributed by atoms with van der Waals surface area (Å²) >= 11 is 0. The van der Waals surface area contributed by atoms with Crippen LogP contribution in [0.3, 0.4) is 0 Å². The second-order valence-corrected chi connectivity index (χ2v) is 3.82. The van der Waals surface area contributed by atoms with Crippen LogP contribution in [0.25, 0.3) is 0 Å². The molecule has 0 aliphatic carbocycles. The van der Waals surface area contributed by atoms with Gasteiger partial charge in [-0.2, -0.15) is 0 Å². The van der Waals surface area contributed by atoms with Gasteiger partial charge in [0.05, 0.1) is 12.6 Å². The molecule has 0 bridgehead atoms. The minimum absolute atomic E-state index is 0.231. The van der Waals surface area contributed by atoms with Crippen LogP contribution < -0.4 is 11.1 Å². The Morgan fingerprint density at radius 3 is 2.82 bits per heavy atom. The summed E-state index contributed by atoms with van der Waals surface area (Å²) in [5.74, 6) is -0.724. The van der Waals surface area contributed by atoms with E-state index < -0.39 is 11.9 Å². The van der Waals surface area contributed by atoms with Crippen molar-refractivity contribution in [1.82, 2.24) is 5.32 Å². The lowest BCUT2D eigenvalue weighted by Crippen LogP contribution is -2.39. The van der Waals surface area contributed by atoms with Crippen molar-refractivity contribution in [2.75, 3.05) is 0 Å². The van der Waals surface area contributed by atoms with Gasteiger partial charge in [0.2, 0.25) is 5.91 Å². The summed E-state index contributed by atoms with van der Waals surface area (Å²) < 4.78 is 13.3. The van der Waals surface area contributed by atoms with Crippen LogP contribution in [0.15, 0.2) is 18.2 Å². The number of amides is 1. The number of carbonyl (C=O) groups is 1. The average Bonchev–Trinajstić information content (AvgIpc) is 2.35. The van der Waals surface area contributed by atoms with E-state index in [1.807, 2.05) is 6.92 Å². The predicted molar refractivity (Wildman–Crippen MR) is 62.4 cm³/mol. The SMILES string of the molecule is CC[C@H](N)C(=O)NCc1ccc(CO)c(F)c1. The van der Waals surface area contributed by atoms with Crippen LogP contribution in [0.4, 0.5) is 4.39 Å². The Kier molecular flexibility index (Phi) is 5.06. The molecule has 0 radical (unpaired) electrons. The van der Waals surface area contributed by atoms with Crippen LogP contribution in [0.1, 0.15) is 24.5 Å². The molecule has 0 aliphatic rings. The minimum Gasteiger partial charge on any atom is -0.392 e. The maximum Gasteiger partial charge on any atom is 0.237 e. The molecule has 1 amide bonds. The highest BCUT2D eigenvalue weighted by molar-refractivity contribution is 5.81. The van der Waals surface area contributed by atoms with Gasteiger partial charge in [0.1, 0.15) is 5.82 Å². The number of aliphatic hydroxyl groups excluding tert-OH is 1. The second-order valence-electron chi connectivity index (χ2n) is 3.82. The van der Waals surface area contributed by atoms with Gasteiger partial charge >= 0.3 is 0 Å². The molecule has 1 aromatic carbocycles. The molecule has 4 N–H and O–H groups in total. The first-order chi connectivity index (χ1) is 8.08. The van der Waals surface area contributed by atoms with E-state index in [2.05, 4.69) is 5.32 Å². The number of benzene rings is 1. The number of rotatable bonds is 5. The highest BCUT2D eigenvalue weighted by Crippen LogP contribution is 2.10. The van der Waals surface area contributed by atoms with Crippen LogP contribution in [0.2, 0.25) is 0 Å². The molecule has 0 fully saturated rings. The van der Waals surface area contributed by atoms with Crippen LogP contribution in [-0.2, 0) is 17.9 Å². The van der Waals surface area contributed by atoms with Crippen molar-refractivity contribution < 1.29 is 14.3 Å². The van der Waals surface area contributed by atoms with Crippen LogP contribution in [-0.4, -0.2) is 17.1 Å². The van der Waals surface area contributed by atoms with E-state index in [0.717, 1.165) is 0 Å². The monoisotopic (exact) mass is 240 g/mol. The molecule has 0 saturated carbocycles. The molecule has 0 heterocycles. The molecule has 0 aliphatic heterocycles. The summed E-state index contributed by atoms with van der Waals surface area (Å²) in [5, 5.41) is 11.4. The predicted octanol–water partition coefficient (Wildman–Crippen LogP) is 0.671. The fraction of sp³-hybridized carbons (Fsp3) is 0.417. The Morgan fingerprint density at radius 2 is 2.29 bits per heavy atom. The standard InChI is InChI=1S/C12H17FN2O2/c1-2-11(14)12(17)15-6-8-3-4-9(7-16)10(13)5-8/h3-5,11,16H,2,6-7,14H2,1H3,(H,15,17)/t11-/m0/s1. The van der Waals surface area contributed by atoms with Crippen molar-refractivity contribution in [3.05, 3.63) is 35.1 Å². The fourth-order valence-corrected chi connectivity index (χ4v) is 1.33. The summed E-state index contributed by atoms with van der Waals surface area (Å²) in [6, 6.07) is 3.92. The molecular weight excluding hydrogens is 223 g/mol. The van der Waals surface area contributed by atoms with Gasteiger partial charge in [-0.05, 0) is 18.1 Å². The normalized spacial score (nSPS) is 12.2. The van der Waals surface area contributed by atoms with E-state index >= 15 is 0 Å². The molecule has 4 nitrogen and oxygen atoms in total. The topological polar surface area (TPSA) is 75.4 Å². The van der Waals surface area contributed by atoms with Crippen LogP contribution in [0.5, 0.6) is 0 Å². The Labute approximate surface area is 99.6 Å². The van der Waals surface area contributed by atoms with Crippen molar-refractivity contribution in [1.29, 1.82) is 0 Å². The van der Waals surface area contributed by atoms with Crippen molar-refractivity contribution in [2.24, 2.45) is 5.73 Å². The van der Waals surface area contributed by atoms with Gasteiger partial charge in [0.25, 0.3) is 0 Å². The number of halogens is 1. The van der Waals surface area contributed by atoms with Gasteiger partial charge in [0.15, 0.2) is 0 Å². The highest BCUT2D eigenvalue weighted by atomic mass is 19.1. The quantitative estimate of drug-likeness (QED) is 0.708. The molecule has 0 unspecified atom stereocenters. The lowest BCUT2D eigenvalue weighted by molar-refractivity contribution is -0.122. The maximum atomic E-state index is 13.3. The molecule has 0 spiro atoms. The van der Waals surface area contributed by atoms with Crippen molar-refractivity contribution in [3.63, 3.8) is 0 Å². The smallest absolute Gasteiger partial charge is 0.237 e. The van der Waals surface area contributed by atoms with E-state index in [-0.39, 0.29) is 24.6 Å². The van der Waals surface area contributed by atoms with Crippen LogP contribution >= 0.6 is 0 Å². The molecule has 0 saturated heterocycles. The van der Waals surface area contributed by atoms with Crippen molar-refractivity contribution >= 4 is 5.91 Å². The number of hydrogen-bond donors (Lipinski definition) is 3. The van der Waals surface area contributed by atoms with Crippen molar-refractivity contribution in [2.45, 2.75) is 32.5 Å². The van der Waals surface area contributed by atoms with Crippen molar-refractivity contribution in [3.8, 4) is 0 Å². The summed E-state index contributed by atoms with van der Waals surface area (Å²) in [7, 11) is 0. The largest absolute Gasteiger partial charge is 0.392 e. The second kappa shape index (κ2) is 6.32. The zero-order valence-electron chi connectivity index (χ0n) is 9.74. The number of hydrogen-bond acceptors (Lipinski definition) is 3. The van der Waals surface area contributed by atoms with E-state index in [4.69, 9.17) is 10.8 Å². The molecule has 1 rings (SSSR count). The summed E-state index contributed by atoms with van der Waals surface area (Å²) in [4.78, 5) is 11.4. The average molecular weight is 240 g/mol. The van der Waals surface area contributed by atoms with E-state index in [9.17, 15) is 9.18 Å². The Morgan fingerprint density at radius 1 is 1.59 bits per heavy atom. The number of aliphatic hydroxyl groups is 1. The van der Waals surface area contributed by atoms with E-state index in [0.29, 0.717) is 12.0 Å². The molecule has 17 heavy (non-hydrogen) atoms. The summed E-state index contributed by atoms with van der Waals surface area (Å²) in [6.07, 6.45) is 0.559. The fourth-order valence-electron chi connectivity index (χ4n) is 1.33. The molecule has 0 aromatic heterocycles. The van der Waals surface area contributed by atoms with Gasteiger partial charge in [-0.1, -0.05) is 19.1 Å². The molecular formula is C12H17FN2O2. The third kappa shape index (κ3) is 3.80. The highest BCUT2D eigenvalue weighted by Gasteiger charge is 2.10. The molecule has 1 atom stereocenters. The van der Waals surface area contributed by atoms with E-state index in [1.54, 1.807) is 6.07 Å². The number of nitrogens with one attached hydrogen (secondary N) is 1. The first-order valence-corrected chi connectivity index (χ1v) is 5.50. The molecule has 94 valence electrons. The molecule has 1 aromatic rings. The Bertz CT molecular complexity index is 396. The van der Waals surface area contributed by atoms with Crippen LogP contribution in [0, 0.1) is 5.82 Å². The maximum absolute atomic E-state index is 13.3. The third-order valence-corrected chi connectivity index (χ3v) is 2.53. The Balaban J connectivity index is 2.58.